The van der Waals surface area contributed by atoms with Crippen molar-refractivity contribution in [2.75, 3.05) is 6.61 Å². The fourth-order valence-corrected chi connectivity index (χ4v) is 0.835. The molecule has 4 heteroatoms. The number of rotatable bonds is 2. The lowest BCUT2D eigenvalue weighted by molar-refractivity contribution is 0.144. The second kappa shape index (κ2) is 2.70. The summed E-state index contributed by atoms with van der Waals surface area (Å²) in [6.07, 6.45) is 0.597. The number of hydrogen-bond donors (Lipinski definition) is 2. The summed E-state index contributed by atoms with van der Waals surface area (Å²) in [5.74, 6) is 0. The molecule has 1 saturated heterocycles. The molecule has 1 fully saturated rings. The lowest BCUT2D eigenvalue weighted by Gasteiger charge is -2.07. The van der Waals surface area contributed by atoms with Gasteiger partial charge in [0, 0.05) is 0 Å². The average molecular weight is 143 g/mol. The van der Waals surface area contributed by atoms with Crippen LogP contribution in [-0.4, -0.2) is 30.0 Å². The van der Waals surface area contributed by atoms with E-state index in [0.29, 0.717) is 0 Å². The van der Waals surface area contributed by atoms with Crippen molar-refractivity contribution >= 4 is 6.09 Å². The van der Waals surface area contributed by atoms with Gasteiger partial charge >= 0.3 is 6.09 Å². The molecule has 56 valence electrons. The van der Waals surface area contributed by atoms with Crippen LogP contribution >= 0.6 is 0 Å². The van der Waals surface area contributed by atoms with Crippen LogP contribution in [-0.2, 0) is 4.74 Å². The number of nitrogens with one attached hydrogen (secondary N) is 1. The Morgan fingerprint density at radius 3 is 3.00 bits per heavy atom. The Morgan fingerprint density at radius 1 is 1.90 bits per heavy atom. The van der Waals surface area contributed by atoms with Gasteiger partial charge in [0.15, 0.2) is 0 Å². The van der Waals surface area contributed by atoms with Crippen molar-refractivity contribution in [3.63, 3.8) is 0 Å². The van der Waals surface area contributed by atoms with Gasteiger partial charge in [-0.3, -0.25) is 0 Å². The molecule has 0 aromatic carbocycles. The van der Waals surface area contributed by atoms with Gasteiger partial charge in [-0.2, -0.15) is 0 Å². The van der Waals surface area contributed by atoms with Crippen LogP contribution in [0, 0.1) is 0 Å². The van der Waals surface area contributed by atoms with Gasteiger partial charge in [-0.25, -0.2) is 4.79 Å². The minimum Gasteiger partial charge on any atom is -0.440 e. The molecule has 0 spiro atoms. The smallest absolute Gasteiger partial charge is 0.408 e. The highest BCUT2D eigenvalue weighted by Crippen LogP contribution is 2.08. The highest BCUT2D eigenvalue weighted by molar-refractivity contribution is 5.70. The molecule has 4 nitrogen and oxygen atoms in total. The molecule has 0 radical (unpaired) electrons. The lowest BCUT2D eigenvalue weighted by Crippen LogP contribution is -2.33. The van der Waals surface area contributed by atoms with E-state index >= 15 is 0 Å². The number of aliphatic hydroxyl groups is 1. The number of ether oxygens (including phenoxy) is 1. The van der Waals surface area contributed by atoms with E-state index in [9.17, 15) is 4.79 Å². The zero-order chi connectivity index (χ0) is 7.56. The molecule has 1 amide bonds. The van der Waals surface area contributed by atoms with E-state index in [1.54, 1.807) is 0 Å². The second-order valence-corrected chi connectivity index (χ2v) is 2.04. The van der Waals surface area contributed by atoms with E-state index in [2.05, 4.69) is 16.6 Å². The Labute approximate surface area is 58.5 Å². The first-order valence-corrected chi connectivity index (χ1v) is 2.98. The fraction of sp³-hybridized carbons (Fsp3) is 0.500. The number of amides is 1. The summed E-state index contributed by atoms with van der Waals surface area (Å²) in [7, 11) is 0. The SMILES string of the molecule is C=C[C@@H]1OC(=O)N[C@@H]1CO. The van der Waals surface area contributed by atoms with Crippen LogP contribution in [0.15, 0.2) is 12.7 Å². The first-order valence-electron chi connectivity index (χ1n) is 2.98. The van der Waals surface area contributed by atoms with Gasteiger partial charge in [-0.05, 0) is 6.08 Å². The number of alkyl carbamates (subject to hydrolysis) is 1. The van der Waals surface area contributed by atoms with Gasteiger partial charge in [0.25, 0.3) is 0 Å². The van der Waals surface area contributed by atoms with Crippen LogP contribution in [0.2, 0.25) is 0 Å². The zero-order valence-corrected chi connectivity index (χ0v) is 5.41. The van der Waals surface area contributed by atoms with E-state index in [1.807, 2.05) is 0 Å². The van der Waals surface area contributed by atoms with Gasteiger partial charge in [-0.1, -0.05) is 6.58 Å². The van der Waals surface area contributed by atoms with E-state index in [0.717, 1.165) is 0 Å². The molecular weight excluding hydrogens is 134 g/mol. The first-order chi connectivity index (χ1) is 4.77. The number of aliphatic hydroxyl groups excluding tert-OH is 1. The van der Waals surface area contributed by atoms with Crippen molar-refractivity contribution < 1.29 is 14.6 Å². The van der Waals surface area contributed by atoms with Crippen molar-refractivity contribution in [2.45, 2.75) is 12.1 Å². The van der Waals surface area contributed by atoms with Crippen molar-refractivity contribution in [3.8, 4) is 0 Å². The third-order valence-corrected chi connectivity index (χ3v) is 1.37. The molecular formula is C6H9NO3. The van der Waals surface area contributed by atoms with Crippen molar-refractivity contribution in [1.82, 2.24) is 5.32 Å². The fourth-order valence-electron chi connectivity index (χ4n) is 0.835. The largest absolute Gasteiger partial charge is 0.440 e. The quantitative estimate of drug-likeness (QED) is 0.519. The van der Waals surface area contributed by atoms with E-state index in [1.165, 1.54) is 6.08 Å². The van der Waals surface area contributed by atoms with Crippen LogP contribution in [0.1, 0.15) is 0 Å². The Balaban J connectivity index is 2.56. The van der Waals surface area contributed by atoms with Crippen LogP contribution < -0.4 is 5.32 Å². The van der Waals surface area contributed by atoms with Gasteiger partial charge in [0.2, 0.25) is 0 Å². The second-order valence-electron chi connectivity index (χ2n) is 2.04. The third kappa shape index (κ3) is 1.11. The maximum absolute atomic E-state index is 10.5. The summed E-state index contributed by atoms with van der Waals surface area (Å²) in [5, 5.41) is 11.1. The summed E-state index contributed by atoms with van der Waals surface area (Å²) in [4.78, 5) is 10.5. The standard InChI is InChI=1S/C6H9NO3/c1-2-5-4(3-8)7-6(9)10-5/h2,4-5,8H,1,3H2,(H,7,9)/t4-,5+/m1/s1. The molecule has 0 aliphatic carbocycles. The molecule has 0 aromatic heterocycles. The molecule has 1 aliphatic rings. The molecule has 2 atom stereocenters. The van der Waals surface area contributed by atoms with E-state index in [4.69, 9.17) is 5.11 Å². The Kier molecular flexibility index (Phi) is 1.91. The van der Waals surface area contributed by atoms with E-state index in [-0.39, 0.29) is 12.6 Å². The molecule has 0 saturated carbocycles. The monoisotopic (exact) mass is 143 g/mol. The topological polar surface area (TPSA) is 58.6 Å². The first kappa shape index (κ1) is 7.08. The predicted molar refractivity (Wildman–Crippen MR) is 34.5 cm³/mol. The molecule has 0 bridgehead atoms. The molecule has 1 heterocycles. The summed E-state index contributed by atoms with van der Waals surface area (Å²) in [5.41, 5.74) is 0. The molecule has 10 heavy (non-hydrogen) atoms. The highest BCUT2D eigenvalue weighted by atomic mass is 16.6. The Morgan fingerprint density at radius 2 is 2.60 bits per heavy atom. The Hall–Kier alpha value is -1.03. The van der Waals surface area contributed by atoms with Crippen molar-refractivity contribution in [3.05, 3.63) is 12.7 Å². The molecule has 1 aliphatic heterocycles. The van der Waals surface area contributed by atoms with Crippen molar-refractivity contribution in [2.24, 2.45) is 0 Å². The summed E-state index contributed by atoms with van der Waals surface area (Å²) >= 11 is 0. The van der Waals surface area contributed by atoms with Crippen LogP contribution in [0.3, 0.4) is 0 Å². The maximum Gasteiger partial charge on any atom is 0.408 e. The number of hydrogen-bond acceptors (Lipinski definition) is 3. The molecule has 1 rings (SSSR count). The highest BCUT2D eigenvalue weighted by Gasteiger charge is 2.30. The lowest BCUT2D eigenvalue weighted by atomic mass is 10.2. The van der Waals surface area contributed by atoms with E-state index < -0.39 is 12.2 Å². The van der Waals surface area contributed by atoms with Gasteiger partial charge in [0.1, 0.15) is 6.10 Å². The van der Waals surface area contributed by atoms with Crippen molar-refractivity contribution in [1.29, 1.82) is 0 Å². The van der Waals surface area contributed by atoms with Gasteiger partial charge in [0.05, 0.1) is 12.6 Å². The van der Waals surface area contributed by atoms with Crippen LogP contribution in [0.4, 0.5) is 4.79 Å². The zero-order valence-electron chi connectivity index (χ0n) is 5.41. The van der Waals surface area contributed by atoms with Gasteiger partial charge < -0.3 is 15.2 Å². The molecule has 0 unspecified atom stereocenters. The molecule has 0 aromatic rings. The van der Waals surface area contributed by atoms with Gasteiger partial charge in [-0.15, -0.1) is 0 Å². The Bertz CT molecular complexity index is 157. The summed E-state index contributed by atoms with van der Waals surface area (Å²) in [6, 6.07) is -0.329. The number of carbonyl (C=O) groups excluding carboxylic acids is 1. The average Bonchev–Trinajstić information content (AvgIpc) is 2.30. The molecule has 2 N–H and O–H groups in total. The maximum atomic E-state index is 10.5. The third-order valence-electron chi connectivity index (χ3n) is 1.37. The minimum absolute atomic E-state index is 0.123. The minimum atomic E-state index is -0.496. The number of carbonyl (C=O) groups is 1. The van der Waals surface area contributed by atoms with Crippen LogP contribution in [0.25, 0.3) is 0 Å². The van der Waals surface area contributed by atoms with Crippen LogP contribution in [0.5, 0.6) is 0 Å². The summed E-state index contributed by atoms with van der Waals surface area (Å²) in [6.45, 7) is 3.32. The normalized spacial score (nSPS) is 31.1. The predicted octanol–water partition coefficient (Wildman–Crippen LogP) is -0.358. The number of cyclic esters (lactones) is 1. The summed E-state index contributed by atoms with van der Waals surface area (Å²) < 4.78 is 4.69.